The third kappa shape index (κ3) is 2.92. The lowest BCUT2D eigenvalue weighted by molar-refractivity contribution is 0.274. The van der Waals surface area contributed by atoms with Crippen LogP contribution in [-0.2, 0) is 5.41 Å². The molecule has 7 nitrogen and oxygen atoms in total. The number of hydrogen-bond acceptors (Lipinski definition) is 6. The van der Waals surface area contributed by atoms with Crippen LogP contribution in [0.25, 0.3) is 10.9 Å². The van der Waals surface area contributed by atoms with E-state index in [1.54, 1.807) is 12.3 Å². The Balaban J connectivity index is 1.84. The standard InChI is InChI=1S/C19H19Cl2N7/c1-18(2,12-4-3-5-13(20)15(12)21)19(23)26-16(25-17(22)27-19)10-6-7-11-9-24-28-14(11)8-10/h3-9H,23H2,1-2H3,(H,24,28)(H3,22,25,26,27). The summed E-state index contributed by atoms with van der Waals surface area (Å²) in [4.78, 5) is 9.14. The van der Waals surface area contributed by atoms with Gasteiger partial charge in [-0.05, 0) is 17.7 Å². The van der Waals surface area contributed by atoms with E-state index in [0.29, 0.717) is 15.9 Å². The van der Waals surface area contributed by atoms with Crippen LogP contribution in [0.15, 0.2) is 52.6 Å². The maximum Gasteiger partial charge on any atom is 0.217 e. The molecule has 0 saturated heterocycles. The molecule has 1 aliphatic heterocycles. The highest BCUT2D eigenvalue weighted by atomic mass is 35.5. The summed E-state index contributed by atoms with van der Waals surface area (Å²) in [5.41, 5.74) is 14.4. The number of nitrogens with one attached hydrogen (secondary N) is 2. The largest absolute Gasteiger partial charge is 0.370 e. The summed E-state index contributed by atoms with van der Waals surface area (Å²) in [6.45, 7) is 3.82. The molecule has 0 fully saturated rings. The first kappa shape index (κ1) is 18.7. The van der Waals surface area contributed by atoms with E-state index < -0.39 is 11.2 Å². The predicted molar refractivity (Wildman–Crippen MR) is 114 cm³/mol. The summed E-state index contributed by atoms with van der Waals surface area (Å²) < 4.78 is 0. The highest BCUT2D eigenvalue weighted by molar-refractivity contribution is 6.42. The van der Waals surface area contributed by atoms with E-state index in [-0.39, 0.29) is 5.96 Å². The Bertz CT molecular complexity index is 1130. The van der Waals surface area contributed by atoms with E-state index in [9.17, 15) is 0 Å². The van der Waals surface area contributed by atoms with E-state index in [1.807, 2.05) is 44.2 Å². The minimum absolute atomic E-state index is 0.170. The van der Waals surface area contributed by atoms with Crippen LogP contribution in [0.5, 0.6) is 0 Å². The highest BCUT2D eigenvalue weighted by Crippen LogP contribution is 2.42. The van der Waals surface area contributed by atoms with Crippen molar-refractivity contribution in [1.29, 1.82) is 0 Å². The number of hydrogen-bond donors (Lipinski definition) is 4. The van der Waals surface area contributed by atoms with Gasteiger partial charge in [0.15, 0.2) is 5.96 Å². The van der Waals surface area contributed by atoms with Gasteiger partial charge in [-0.25, -0.2) is 9.98 Å². The number of benzene rings is 2. The van der Waals surface area contributed by atoms with Gasteiger partial charge in [-0.3, -0.25) is 10.8 Å². The van der Waals surface area contributed by atoms with Crippen LogP contribution in [0, 0.1) is 0 Å². The predicted octanol–water partition coefficient (Wildman–Crippen LogP) is 3.12. The van der Waals surface area contributed by atoms with Crippen molar-refractivity contribution in [3.63, 3.8) is 0 Å². The highest BCUT2D eigenvalue weighted by Gasteiger charge is 2.47. The Kier molecular flexibility index (Phi) is 4.33. The molecule has 0 amide bonds. The van der Waals surface area contributed by atoms with E-state index in [0.717, 1.165) is 22.0 Å². The number of H-pyrrole nitrogens is 1. The molecule has 0 aliphatic carbocycles. The SMILES string of the molecule is CC(C)(c1cccc(Cl)c1Cl)C1(N)N=C(N)NC(c2ccc3cn[nH]c3c2)=N1. The van der Waals surface area contributed by atoms with Crippen molar-refractivity contribution in [1.82, 2.24) is 15.5 Å². The maximum atomic E-state index is 6.68. The van der Waals surface area contributed by atoms with E-state index in [4.69, 9.17) is 39.7 Å². The second-order valence-electron chi connectivity index (χ2n) is 7.21. The monoisotopic (exact) mass is 415 g/mol. The fourth-order valence-corrected chi connectivity index (χ4v) is 3.78. The first-order chi connectivity index (χ1) is 13.2. The van der Waals surface area contributed by atoms with Crippen molar-refractivity contribution in [2.24, 2.45) is 21.5 Å². The van der Waals surface area contributed by atoms with Crippen molar-refractivity contribution < 1.29 is 0 Å². The molecular formula is C19H19Cl2N7. The number of nitrogens with two attached hydrogens (primary N) is 2. The molecule has 3 aromatic rings. The average Bonchev–Trinajstić information content (AvgIpc) is 3.10. The molecule has 2 aromatic carbocycles. The first-order valence-corrected chi connectivity index (χ1v) is 9.36. The Morgan fingerprint density at radius 1 is 1.11 bits per heavy atom. The summed E-state index contributed by atoms with van der Waals surface area (Å²) in [7, 11) is 0. The summed E-state index contributed by atoms with van der Waals surface area (Å²) >= 11 is 12.7. The molecule has 0 saturated carbocycles. The molecule has 0 radical (unpaired) electrons. The van der Waals surface area contributed by atoms with Gasteiger partial charge < -0.3 is 11.1 Å². The Morgan fingerprint density at radius 3 is 2.68 bits per heavy atom. The summed E-state index contributed by atoms with van der Waals surface area (Å²) in [6, 6.07) is 11.2. The van der Waals surface area contributed by atoms with Crippen molar-refractivity contribution >= 4 is 45.9 Å². The Hall–Kier alpha value is -2.61. The lowest BCUT2D eigenvalue weighted by Gasteiger charge is -2.41. The fraction of sp³-hybridized carbons (Fsp3) is 0.211. The van der Waals surface area contributed by atoms with Gasteiger partial charge in [-0.15, -0.1) is 0 Å². The third-order valence-corrected chi connectivity index (χ3v) is 5.90. The molecule has 9 heteroatoms. The number of aliphatic imine (C=N–C) groups is 2. The summed E-state index contributed by atoms with van der Waals surface area (Å²) in [5.74, 6) is -0.712. The van der Waals surface area contributed by atoms with Crippen molar-refractivity contribution in [2.45, 2.75) is 25.0 Å². The van der Waals surface area contributed by atoms with Gasteiger partial charge in [-0.1, -0.05) is 61.3 Å². The van der Waals surface area contributed by atoms with Crippen molar-refractivity contribution in [3.8, 4) is 0 Å². The molecule has 1 atom stereocenters. The van der Waals surface area contributed by atoms with Crippen molar-refractivity contribution in [2.75, 3.05) is 0 Å². The molecule has 2 heterocycles. The maximum absolute atomic E-state index is 6.68. The Morgan fingerprint density at radius 2 is 1.89 bits per heavy atom. The summed E-state index contributed by atoms with van der Waals surface area (Å²) in [6.07, 6.45) is 1.75. The lowest BCUT2D eigenvalue weighted by atomic mass is 9.78. The molecule has 0 spiro atoms. The fourth-order valence-electron chi connectivity index (χ4n) is 3.24. The first-order valence-electron chi connectivity index (χ1n) is 8.60. The molecular weight excluding hydrogens is 397 g/mol. The molecule has 6 N–H and O–H groups in total. The minimum Gasteiger partial charge on any atom is -0.370 e. The third-order valence-electron chi connectivity index (χ3n) is 5.08. The number of nitrogens with zero attached hydrogens (tertiary/aromatic N) is 3. The number of fused-ring (bicyclic) bond motifs is 1. The van der Waals surface area contributed by atoms with Crippen LogP contribution in [0.1, 0.15) is 25.0 Å². The Labute approximate surface area is 171 Å². The number of halogens is 2. The van der Waals surface area contributed by atoms with Crippen LogP contribution in [0.2, 0.25) is 10.0 Å². The van der Waals surface area contributed by atoms with E-state index in [1.165, 1.54) is 0 Å². The molecule has 0 bridgehead atoms. The number of rotatable bonds is 3. The topological polar surface area (TPSA) is 117 Å². The van der Waals surface area contributed by atoms with Crippen LogP contribution >= 0.6 is 23.2 Å². The molecule has 4 rings (SSSR count). The van der Waals surface area contributed by atoms with Crippen LogP contribution in [0.3, 0.4) is 0 Å². The molecule has 1 aliphatic rings. The zero-order chi connectivity index (χ0) is 20.1. The van der Waals surface area contributed by atoms with E-state index in [2.05, 4.69) is 20.5 Å². The van der Waals surface area contributed by atoms with Gasteiger partial charge in [0.1, 0.15) is 5.84 Å². The quantitative estimate of drug-likeness (QED) is 0.525. The number of guanidine groups is 1. The van der Waals surface area contributed by atoms with Crippen LogP contribution < -0.4 is 16.8 Å². The van der Waals surface area contributed by atoms with Gasteiger partial charge in [0.05, 0.1) is 27.2 Å². The van der Waals surface area contributed by atoms with Gasteiger partial charge >= 0.3 is 0 Å². The smallest absolute Gasteiger partial charge is 0.217 e. The number of amidine groups is 1. The molecule has 28 heavy (non-hydrogen) atoms. The van der Waals surface area contributed by atoms with Gasteiger partial charge in [-0.2, -0.15) is 5.10 Å². The second-order valence-corrected chi connectivity index (χ2v) is 7.99. The molecule has 1 aromatic heterocycles. The van der Waals surface area contributed by atoms with Gasteiger partial charge in [0.2, 0.25) is 5.79 Å². The van der Waals surface area contributed by atoms with Crippen molar-refractivity contribution in [3.05, 3.63) is 63.8 Å². The average molecular weight is 416 g/mol. The normalized spacial score (nSPS) is 19.9. The van der Waals surface area contributed by atoms with Crippen LogP contribution in [-0.4, -0.2) is 27.8 Å². The zero-order valence-electron chi connectivity index (χ0n) is 15.3. The molecule has 1 unspecified atom stereocenters. The minimum atomic E-state index is -1.39. The van der Waals surface area contributed by atoms with Gasteiger partial charge in [0.25, 0.3) is 0 Å². The second kappa shape index (κ2) is 6.48. The summed E-state index contributed by atoms with van der Waals surface area (Å²) in [5, 5.41) is 11.8. The zero-order valence-corrected chi connectivity index (χ0v) is 16.8. The number of aromatic amines is 1. The molecule has 144 valence electrons. The van der Waals surface area contributed by atoms with E-state index >= 15 is 0 Å². The van der Waals surface area contributed by atoms with Crippen LogP contribution in [0.4, 0.5) is 0 Å². The van der Waals surface area contributed by atoms with Gasteiger partial charge in [0, 0.05) is 10.9 Å². The lowest BCUT2D eigenvalue weighted by Crippen LogP contribution is -2.59. The number of aromatic nitrogens is 2.